The Morgan fingerprint density at radius 1 is 0.781 bits per heavy atom. The zero-order valence-corrected chi connectivity index (χ0v) is 20.9. The van der Waals surface area contributed by atoms with Gasteiger partial charge in [-0.2, -0.15) is 0 Å². The summed E-state index contributed by atoms with van der Waals surface area (Å²) < 4.78 is 0. The van der Waals surface area contributed by atoms with E-state index in [0.717, 1.165) is 23.7 Å². The van der Waals surface area contributed by atoms with Gasteiger partial charge in [-0.25, -0.2) is 0 Å². The topological polar surface area (TPSA) is 37.4 Å². The number of rotatable bonds is 7. The van der Waals surface area contributed by atoms with Crippen LogP contribution in [0.4, 0.5) is 0 Å². The third-order valence-electron chi connectivity index (χ3n) is 9.19. The van der Waals surface area contributed by atoms with Crippen molar-refractivity contribution in [2.75, 3.05) is 6.54 Å². The van der Waals surface area contributed by atoms with E-state index in [1.54, 1.807) is 17.0 Å². The number of hydrogen-bond donors (Lipinski definition) is 0. The molecule has 2 aliphatic carbocycles. The first kappa shape index (κ1) is 23.5. The molecule has 0 radical (unpaired) electrons. The van der Waals surface area contributed by atoms with E-state index in [1.807, 2.05) is 12.1 Å². The van der Waals surface area contributed by atoms with Crippen molar-refractivity contribution in [1.29, 1.82) is 0 Å². The van der Waals surface area contributed by atoms with Crippen molar-refractivity contribution in [3.63, 3.8) is 0 Å². The first-order valence-electron chi connectivity index (χ1n) is 13.2. The number of amides is 2. The lowest BCUT2D eigenvalue weighted by atomic mass is 9.74. The first-order valence-corrected chi connectivity index (χ1v) is 13.2. The lowest BCUT2D eigenvalue weighted by molar-refractivity contribution is 0.0614. The highest BCUT2D eigenvalue weighted by molar-refractivity contribution is 6.21. The molecule has 0 aromatic heterocycles. The van der Waals surface area contributed by atoms with Crippen molar-refractivity contribution in [2.24, 2.45) is 40.9 Å². The minimum atomic E-state index is -0.0844. The number of benzene rings is 1. The molecule has 3 heteroatoms. The average Bonchev–Trinajstić information content (AvgIpc) is 3.44. The molecule has 2 amide bonds. The van der Waals surface area contributed by atoms with E-state index in [0.29, 0.717) is 34.9 Å². The third kappa shape index (κ3) is 4.54. The molecule has 1 heterocycles. The summed E-state index contributed by atoms with van der Waals surface area (Å²) >= 11 is 0. The number of carbonyl (C=O) groups is 2. The first-order chi connectivity index (χ1) is 15.2. The number of hydrogen-bond acceptors (Lipinski definition) is 2. The van der Waals surface area contributed by atoms with Gasteiger partial charge in [-0.05, 0) is 85.2 Å². The van der Waals surface area contributed by atoms with Crippen LogP contribution in [0.15, 0.2) is 24.3 Å². The summed E-state index contributed by atoms with van der Waals surface area (Å²) in [5.74, 6) is 4.26. The second-order valence-electron chi connectivity index (χ2n) is 12.1. The molecule has 6 unspecified atom stereocenters. The Morgan fingerprint density at radius 2 is 1.38 bits per heavy atom. The Kier molecular flexibility index (Phi) is 6.84. The molecular weight excluding hydrogens is 394 g/mol. The molecule has 0 N–H and O–H groups in total. The molecule has 2 fully saturated rings. The summed E-state index contributed by atoms with van der Waals surface area (Å²) in [4.78, 5) is 27.4. The van der Waals surface area contributed by atoms with Crippen molar-refractivity contribution in [2.45, 2.75) is 86.0 Å². The maximum Gasteiger partial charge on any atom is 0.261 e. The highest BCUT2D eigenvalue weighted by atomic mass is 16.2. The molecule has 3 aliphatic rings. The van der Waals surface area contributed by atoms with E-state index in [-0.39, 0.29) is 11.8 Å². The predicted molar refractivity (Wildman–Crippen MR) is 130 cm³/mol. The van der Waals surface area contributed by atoms with Gasteiger partial charge in [0.25, 0.3) is 11.8 Å². The van der Waals surface area contributed by atoms with Gasteiger partial charge in [0.15, 0.2) is 0 Å². The summed E-state index contributed by atoms with van der Waals surface area (Å²) in [5.41, 5.74) is 1.58. The van der Waals surface area contributed by atoms with Crippen LogP contribution in [0.25, 0.3) is 0 Å². The van der Waals surface area contributed by atoms with Gasteiger partial charge in [0, 0.05) is 6.54 Å². The van der Waals surface area contributed by atoms with Crippen LogP contribution in [0.1, 0.15) is 107 Å². The van der Waals surface area contributed by atoms with Gasteiger partial charge >= 0.3 is 0 Å². The van der Waals surface area contributed by atoms with Crippen LogP contribution < -0.4 is 0 Å². The van der Waals surface area contributed by atoms with E-state index in [9.17, 15) is 9.59 Å². The van der Waals surface area contributed by atoms with E-state index >= 15 is 0 Å². The average molecular weight is 438 g/mol. The fourth-order valence-electron chi connectivity index (χ4n) is 7.32. The summed E-state index contributed by atoms with van der Waals surface area (Å²) in [7, 11) is 0. The van der Waals surface area contributed by atoms with Gasteiger partial charge in [-0.3, -0.25) is 14.5 Å². The quantitative estimate of drug-likeness (QED) is 0.422. The number of carbonyl (C=O) groups excluding carboxylic acids is 2. The number of fused-ring (bicyclic) bond motifs is 1. The molecule has 0 bridgehead atoms. The Morgan fingerprint density at radius 3 is 1.91 bits per heavy atom. The number of nitrogens with zero attached hydrogens (tertiary/aromatic N) is 1. The molecule has 6 atom stereocenters. The van der Waals surface area contributed by atoms with Gasteiger partial charge in [0.2, 0.25) is 0 Å². The zero-order valence-electron chi connectivity index (χ0n) is 20.9. The van der Waals surface area contributed by atoms with Crippen LogP contribution in [0, 0.1) is 40.9 Å². The fourth-order valence-corrected chi connectivity index (χ4v) is 7.32. The van der Waals surface area contributed by atoms with E-state index in [4.69, 9.17) is 0 Å². The highest BCUT2D eigenvalue weighted by Gasteiger charge is 2.43. The molecular formula is C29H43NO2. The van der Waals surface area contributed by atoms with Crippen LogP contribution in [-0.2, 0) is 0 Å². The van der Waals surface area contributed by atoms with Crippen molar-refractivity contribution < 1.29 is 9.59 Å². The van der Waals surface area contributed by atoms with E-state index in [2.05, 4.69) is 34.6 Å². The lowest BCUT2D eigenvalue weighted by Gasteiger charge is -2.32. The van der Waals surface area contributed by atoms with Crippen LogP contribution >= 0.6 is 0 Å². The number of imide groups is 1. The Bertz CT molecular complexity index is 803. The molecule has 1 aliphatic heterocycles. The van der Waals surface area contributed by atoms with Gasteiger partial charge in [0.1, 0.15) is 0 Å². The normalized spacial score (nSPS) is 32.7. The minimum Gasteiger partial charge on any atom is -0.274 e. The smallest absolute Gasteiger partial charge is 0.261 e. The summed E-state index contributed by atoms with van der Waals surface area (Å²) in [6, 6.07) is 7.31. The third-order valence-corrected chi connectivity index (χ3v) is 9.19. The maximum atomic E-state index is 12.9. The maximum absolute atomic E-state index is 12.9. The molecule has 1 aromatic carbocycles. The largest absolute Gasteiger partial charge is 0.274 e. The highest BCUT2D eigenvalue weighted by Crippen LogP contribution is 2.50. The van der Waals surface area contributed by atoms with Gasteiger partial charge in [-0.1, -0.05) is 66.0 Å². The molecule has 3 nitrogen and oxygen atoms in total. The van der Waals surface area contributed by atoms with E-state index in [1.165, 1.54) is 51.4 Å². The van der Waals surface area contributed by atoms with Crippen molar-refractivity contribution in [1.82, 2.24) is 4.90 Å². The van der Waals surface area contributed by atoms with Crippen molar-refractivity contribution >= 4 is 11.8 Å². The molecule has 0 saturated heterocycles. The minimum absolute atomic E-state index is 0.0844. The Hall–Kier alpha value is -1.64. The second-order valence-corrected chi connectivity index (χ2v) is 12.1. The van der Waals surface area contributed by atoms with Crippen LogP contribution in [0.5, 0.6) is 0 Å². The summed E-state index contributed by atoms with van der Waals surface area (Å²) in [6.45, 7) is 12.5. The molecule has 176 valence electrons. The van der Waals surface area contributed by atoms with Crippen molar-refractivity contribution in [3.05, 3.63) is 35.4 Å². The van der Waals surface area contributed by atoms with Crippen LogP contribution in [0.2, 0.25) is 0 Å². The van der Waals surface area contributed by atoms with Crippen molar-refractivity contribution in [3.8, 4) is 0 Å². The fraction of sp³-hybridized carbons (Fsp3) is 0.724. The molecule has 0 spiro atoms. The van der Waals surface area contributed by atoms with Gasteiger partial charge in [0.05, 0.1) is 11.1 Å². The van der Waals surface area contributed by atoms with Gasteiger partial charge < -0.3 is 0 Å². The monoisotopic (exact) mass is 437 g/mol. The zero-order chi connectivity index (χ0) is 23.0. The molecule has 4 rings (SSSR count). The van der Waals surface area contributed by atoms with Crippen LogP contribution in [-0.4, -0.2) is 23.3 Å². The lowest BCUT2D eigenvalue weighted by Crippen LogP contribution is -2.35. The Balaban J connectivity index is 1.39. The summed E-state index contributed by atoms with van der Waals surface area (Å²) in [5, 5.41) is 0. The predicted octanol–water partition coefficient (Wildman–Crippen LogP) is 7.21. The SMILES string of the molecule is CCC1CC(CCC2CC(CC)C(C(C)(C)C)C2)C(CN2C(=O)c3ccccc3C2=O)C1. The van der Waals surface area contributed by atoms with E-state index < -0.39 is 0 Å². The standard InChI is InChI=1S/C29H43NO2/c1-6-19-14-22(13-12-20-16-21(7-2)26(17-20)29(3,4)5)23(15-19)18-30-27(31)24-10-8-9-11-25(24)28(30)32/h8-11,19-23,26H,6-7,12-18H2,1-5H3. The molecule has 2 saturated carbocycles. The Labute approximate surface area is 195 Å². The van der Waals surface area contributed by atoms with Crippen LogP contribution in [0.3, 0.4) is 0 Å². The second kappa shape index (κ2) is 9.31. The summed E-state index contributed by atoms with van der Waals surface area (Å²) in [6.07, 6.45) is 10.3. The molecule has 32 heavy (non-hydrogen) atoms. The molecule has 1 aromatic rings. The van der Waals surface area contributed by atoms with Gasteiger partial charge in [-0.15, -0.1) is 0 Å².